The summed E-state index contributed by atoms with van der Waals surface area (Å²) in [6, 6.07) is 26.3. The molecule has 0 spiro atoms. The summed E-state index contributed by atoms with van der Waals surface area (Å²) in [6.45, 7) is 6.34. The van der Waals surface area contributed by atoms with Gasteiger partial charge in [0, 0.05) is 51.5 Å². The average molecular weight is 445 g/mol. The van der Waals surface area contributed by atoms with E-state index >= 15 is 0 Å². The zero-order valence-corrected chi connectivity index (χ0v) is 19.2. The van der Waals surface area contributed by atoms with E-state index in [2.05, 4.69) is 57.2 Å². The molecule has 4 rings (SSSR count). The molecule has 1 heterocycles. The first-order valence-corrected chi connectivity index (χ1v) is 11.4. The number of piperazine rings is 1. The average Bonchev–Trinajstić information content (AvgIpc) is 2.87. The van der Waals surface area contributed by atoms with Crippen molar-refractivity contribution in [2.75, 3.05) is 61.9 Å². The molecule has 1 fully saturated rings. The maximum absolute atomic E-state index is 12.5. The summed E-state index contributed by atoms with van der Waals surface area (Å²) in [7, 11) is 1.41. The lowest BCUT2D eigenvalue weighted by molar-refractivity contribution is 0.0601. The third-order valence-electron chi connectivity index (χ3n) is 6.18. The number of nitrogens with two attached hydrogens (primary N) is 1. The molecule has 1 saturated heterocycles. The van der Waals surface area contributed by atoms with Crippen LogP contribution in [0.3, 0.4) is 0 Å². The molecule has 6 heteroatoms. The molecule has 172 valence electrons. The van der Waals surface area contributed by atoms with Gasteiger partial charge in [0.2, 0.25) is 0 Å². The summed E-state index contributed by atoms with van der Waals surface area (Å²) in [5, 5.41) is 0. The maximum atomic E-state index is 12.5. The van der Waals surface area contributed by atoms with Crippen LogP contribution in [-0.4, -0.2) is 57.2 Å². The summed E-state index contributed by atoms with van der Waals surface area (Å²) in [6.07, 6.45) is 0. The molecule has 2 N–H and O–H groups in total. The van der Waals surface area contributed by atoms with E-state index in [1.807, 2.05) is 24.3 Å². The molecule has 3 aromatic rings. The van der Waals surface area contributed by atoms with Gasteiger partial charge in [-0.1, -0.05) is 54.6 Å². The van der Waals surface area contributed by atoms with Crippen LogP contribution in [0, 0.1) is 0 Å². The molecule has 0 saturated carbocycles. The molecule has 0 atom stereocenters. The van der Waals surface area contributed by atoms with E-state index in [4.69, 9.17) is 10.5 Å². The lowest BCUT2D eigenvalue weighted by atomic mass is 10.1. The van der Waals surface area contributed by atoms with Crippen LogP contribution in [0.4, 0.5) is 17.1 Å². The Hall–Kier alpha value is -3.51. The van der Waals surface area contributed by atoms with E-state index in [0.717, 1.165) is 45.0 Å². The Morgan fingerprint density at radius 1 is 0.909 bits per heavy atom. The van der Waals surface area contributed by atoms with Crippen molar-refractivity contribution in [2.24, 2.45) is 0 Å². The number of carbonyl (C=O) groups excluding carboxylic acids is 1. The van der Waals surface area contributed by atoms with Gasteiger partial charge in [-0.2, -0.15) is 0 Å². The SMILES string of the molecule is COC(=O)c1cccc(N)c1N(CCN1CCN(c2ccccc2)CC1)Cc1ccccc1. The van der Waals surface area contributed by atoms with Crippen molar-refractivity contribution in [3.8, 4) is 0 Å². The largest absolute Gasteiger partial charge is 0.465 e. The van der Waals surface area contributed by atoms with Crippen molar-refractivity contribution in [3.05, 3.63) is 90.0 Å². The van der Waals surface area contributed by atoms with Crippen molar-refractivity contribution >= 4 is 23.0 Å². The molecule has 33 heavy (non-hydrogen) atoms. The van der Waals surface area contributed by atoms with Gasteiger partial charge in [-0.05, 0) is 29.8 Å². The first-order valence-electron chi connectivity index (χ1n) is 11.4. The van der Waals surface area contributed by atoms with Gasteiger partial charge in [0.1, 0.15) is 0 Å². The first kappa shape index (κ1) is 22.7. The summed E-state index contributed by atoms with van der Waals surface area (Å²) in [4.78, 5) is 19.6. The zero-order chi connectivity index (χ0) is 23.0. The van der Waals surface area contributed by atoms with Crippen LogP contribution in [0.5, 0.6) is 0 Å². The number of benzene rings is 3. The normalized spacial score (nSPS) is 14.2. The van der Waals surface area contributed by atoms with Gasteiger partial charge in [0.25, 0.3) is 0 Å². The van der Waals surface area contributed by atoms with Gasteiger partial charge in [0.05, 0.1) is 24.0 Å². The van der Waals surface area contributed by atoms with Crippen LogP contribution < -0.4 is 15.5 Å². The van der Waals surface area contributed by atoms with Crippen molar-refractivity contribution < 1.29 is 9.53 Å². The first-order chi connectivity index (χ1) is 16.2. The number of carbonyl (C=O) groups is 1. The predicted octanol–water partition coefficient (Wildman–Crippen LogP) is 3.88. The van der Waals surface area contributed by atoms with E-state index in [-0.39, 0.29) is 5.97 Å². The Morgan fingerprint density at radius 2 is 1.58 bits per heavy atom. The highest BCUT2D eigenvalue weighted by Crippen LogP contribution is 2.30. The third kappa shape index (κ3) is 5.65. The predicted molar refractivity (Wildman–Crippen MR) is 135 cm³/mol. The Kier molecular flexibility index (Phi) is 7.47. The number of hydrogen-bond acceptors (Lipinski definition) is 6. The monoisotopic (exact) mass is 444 g/mol. The lowest BCUT2D eigenvalue weighted by Crippen LogP contribution is -2.48. The molecule has 0 aromatic heterocycles. The second kappa shape index (κ2) is 10.9. The van der Waals surface area contributed by atoms with Crippen LogP contribution >= 0.6 is 0 Å². The van der Waals surface area contributed by atoms with Gasteiger partial charge >= 0.3 is 5.97 Å². The lowest BCUT2D eigenvalue weighted by Gasteiger charge is -2.37. The van der Waals surface area contributed by atoms with Crippen molar-refractivity contribution in [2.45, 2.75) is 6.54 Å². The van der Waals surface area contributed by atoms with Crippen molar-refractivity contribution in [3.63, 3.8) is 0 Å². The summed E-state index contributed by atoms with van der Waals surface area (Å²) < 4.78 is 5.04. The van der Waals surface area contributed by atoms with E-state index in [9.17, 15) is 4.79 Å². The van der Waals surface area contributed by atoms with Crippen LogP contribution in [0.1, 0.15) is 15.9 Å². The number of ether oxygens (including phenoxy) is 1. The number of rotatable bonds is 8. The number of para-hydroxylation sites is 2. The molecule has 3 aromatic carbocycles. The standard InChI is InChI=1S/C27H32N4O2/c1-33-27(32)24-13-8-14-25(28)26(24)31(21-22-9-4-2-5-10-22)20-17-29-15-18-30(19-16-29)23-11-6-3-7-12-23/h2-14H,15-21,28H2,1H3. The van der Waals surface area contributed by atoms with Gasteiger partial charge < -0.3 is 20.3 Å². The highest BCUT2D eigenvalue weighted by atomic mass is 16.5. The van der Waals surface area contributed by atoms with Crippen LogP contribution in [0.25, 0.3) is 0 Å². The Morgan fingerprint density at radius 3 is 2.24 bits per heavy atom. The Bertz CT molecular complexity index is 1030. The van der Waals surface area contributed by atoms with Crippen LogP contribution in [0.15, 0.2) is 78.9 Å². The molecule has 0 aliphatic carbocycles. The second-order valence-corrected chi connectivity index (χ2v) is 8.31. The van der Waals surface area contributed by atoms with E-state index < -0.39 is 0 Å². The minimum Gasteiger partial charge on any atom is -0.465 e. The fraction of sp³-hybridized carbons (Fsp3) is 0.296. The van der Waals surface area contributed by atoms with Crippen LogP contribution in [0.2, 0.25) is 0 Å². The van der Waals surface area contributed by atoms with Crippen LogP contribution in [-0.2, 0) is 11.3 Å². The summed E-state index contributed by atoms with van der Waals surface area (Å²) in [5.41, 5.74) is 10.7. The van der Waals surface area contributed by atoms with E-state index in [0.29, 0.717) is 17.8 Å². The molecule has 6 nitrogen and oxygen atoms in total. The zero-order valence-electron chi connectivity index (χ0n) is 19.2. The van der Waals surface area contributed by atoms with Gasteiger partial charge in [0.15, 0.2) is 0 Å². The topological polar surface area (TPSA) is 62.0 Å². The highest BCUT2D eigenvalue weighted by Gasteiger charge is 2.22. The third-order valence-corrected chi connectivity index (χ3v) is 6.18. The molecule has 1 aliphatic rings. The molecular weight excluding hydrogens is 412 g/mol. The Labute approximate surface area is 196 Å². The maximum Gasteiger partial charge on any atom is 0.340 e. The number of esters is 1. The fourth-order valence-electron chi connectivity index (χ4n) is 4.39. The van der Waals surface area contributed by atoms with Gasteiger partial charge in [-0.3, -0.25) is 4.90 Å². The summed E-state index contributed by atoms with van der Waals surface area (Å²) in [5.74, 6) is -0.369. The molecule has 0 radical (unpaired) electrons. The molecule has 0 amide bonds. The van der Waals surface area contributed by atoms with Crippen molar-refractivity contribution in [1.82, 2.24) is 4.90 Å². The molecule has 1 aliphatic heterocycles. The van der Waals surface area contributed by atoms with Gasteiger partial charge in [-0.25, -0.2) is 4.79 Å². The summed E-state index contributed by atoms with van der Waals surface area (Å²) >= 11 is 0. The fourth-order valence-corrected chi connectivity index (χ4v) is 4.39. The minimum absolute atomic E-state index is 0.369. The molecule has 0 unspecified atom stereocenters. The highest BCUT2D eigenvalue weighted by molar-refractivity contribution is 5.99. The molecular formula is C27H32N4O2. The van der Waals surface area contributed by atoms with E-state index in [1.54, 1.807) is 12.1 Å². The number of nitrogen functional groups attached to an aromatic ring is 1. The number of hydrogen-bond donors (Lipinski definition) is 1. The molecule has 0 bridgehead atoms. The van der Waals surface area contributed by atoms with E-state index in [1.165, 1.54) is 18.4 Å². The minimum atomic E-state index is -0.369. The second-order valence-electron chi connectivity index (χ2n) is 8.31. The quantitative estimate of drug-likeness (QED) is 0.420. The smallest absolute Gasteiger partial charge is 0.340 e. The number of methoxy groups -OCH3 is 1. The number of anilines is 3. The Balaban J connectivity index is 1.48. The number of nitrogens with zero attached hydrogens (tertiary/aromatic N) is 3. The van der Waals surface area contributed by atoms with Crippen molar-refractivity contribution in [1.29, 1.82) is 0 Å². The van der Waals surface area contributed by atoms with Gasteiger partial charge in [-0.15, -0.1) is 0 Å².